The molecule has 0 aliphatic heterocycles. The Balaban J connectivity index is 1.96. The maximum atomic E-state index is 12.4. The van der Waals surface area contributed by atoms with E-state index in [0.29, 0.717) is 10.7 Å². The molecule has 0 radical (unpaired) electrons. The second-order valence-electron chi connectivity index (χ2n) is 5.29. The van der Waals surface area contributed by atoms with Crippen molar-refractivity contribution < 1.29 is 4.79 Å². The number of nitriles is 1. The highest BCUT2D eigenvalue weighted by molar-refractivity contribution is 6.44. The van der Waals surface area contributed by atoms with Crippen molar-refractivity contribution >= 4 is 51.6 Å². The summed E-state index contributed by atoms with van der Waals surface area (Å²) in [6.07, 6.45) is 1.57. The molecule has 0 heterocycles. The van der Waals surface area contributed by atoms with Gasteiger partial charge in [0.2, 0.25) is 0 Å². The Morgan fingerprint density at radius 1 is 1.00 bits per heavy atom. The lowest BCUT2D eigenvalue weighted by molar-refractivity contribution is -0.112. The first-order valence-electron chi connectivity index (χ1n) is 7.45. The van der Waals surface area contributed by atoms with E-state index in [4.69, 9.17) is 23.2 Å². The zero-order valence-corrected chi connectivity index (χ0v) is 14.5. The van der Waals surface area contributed by atoms with Crippen molar-refractivity contribution in [2.24, 2.45) is 0 Å². The van der Waals surface area contributed by atoms with Gasteiger partial charge < -0.3 is 5.32 Å². The summed E-state index contributed by atoms with van der Waals surface area (Å²) in [4.78, 5) is 12.4. The second-order valence-corrected chi connectivity index (χ2v) is 6.08. The van der Waals surface area contributed by atoms with E-state index in [1.165, 1.54) is 0 Å². The van der Waals surface area contributed by atoms with E-state index in [1.54, 1.807) is 24.3 Å². The molecule has 0 saturated carbocycles. The van der Waals surface area contributed by atoms with E-state index < -0.39 is 5.91 Å². The van der Waals surface area contributed by atoms with Crippen LogP contribution in [-0.4, -0.2) is 5.91 Å². The van der Waals surface area contributed by atoms with Crippen LogP contribution in [0.25, 0.3) is 16.8 Å². The van der Waals surface area contributed by atoms with Crippen molar-refractivity contribution in [1.82, 2.24) is 0 Å². The number of rotatable bonds is 3. The number of hydrogen-bond donors (Lipinski definition) is 1. The Labute approximate surface area is 155 Å². The van der Waals surface area contributed by atoms with Crippen LogP contribution in [0.3, 0.4) is 0 Å². The predicted molar refractivity (Wildman–Crippen MR) is 103 cm³/mol. The molecule has 0 saturated heterocycles. The van der Waals surface area contributed by atoms with E-state index >= 15 is 0 Å². The molecule has 0 aliphatic carbocycles. The standard InChI is InChI=1S/C20H12Cl2N2O/c21-17-9-4-10-18(19(17)22)24-20(25)15(12-23)11-14-7-3-6-13-5-1-2-8-16(13)14/h1-11H,(H,24,25)/b15-11+. The third kappa shape index (κ3) is 3.66. The molecule has 0 atom stereocenters. The zero-order chi connectivity index (χ0) is 17.8. The Morgan fingerprint density at radius 2 is 1.72 bits per heavy atom. The Kier molecular flexibility index (Phi) is 5.04. The smallest absolute Gasteiger partial charge is 0.266 e. The molecule has 0 fully saturated rings. The van der Waals surface area contributed by atoms with Gasteiger partial charge in [-0.2, -0.15) is 5.26 Å². The summed E-state index contributed by atoms with van der Waals surface area (Å²) in [7, 11) is 0. The van der Waals surface area contributed by atoms with E-state index in [0.717, 1.165) is 16.3 Å². The van der Waals surface area contributed by atoms with E-state index in [9.17, 15) is 10.1 Å². The lowest BCUT2D eigenvalue weighted by Gasteiger charge is -2.08. The lowest BCUT2D eigenvalue weighted by atomic mass is 10.0. The minimum Gasteiger partial charge on any atom is -0.320 e. The first kappa shape index (κ1) is 17.0. The fourth-order valence-corrected chi connectivity index (χ4v) is 2.82. The molecular formula is C20H12Cl2N2O. The van der Waals surface area contributed by atoms with Gasteiger partial charge in [0, 0.05) is 0 Å². The topological polar surface area (TPSA) is 52.9 Å². The van der Waals surface area contributed by atoms with Gasteiger partial charge in [-0.25, -0.2) is 0 Å². The minimum atomic E-state index is -0.542. The molecule has 5 heteroatoms. The van der Waals surface area contributed by atoms with Crippen molar-refractivity contribution in [3.05, 3.63) is 81.8 Å². The highest BCUT2D eigenvalue weighted by Gasteiger charge is 2.13. The zero-order valence-electron chi connectivity index (χ0n) is 13.0. The van der Waals surface area contributed by atoms with Gasteiger partial charge in [-0.3, -0.25) is 4.79 Å². The van der Waals surface area contributed by atoms with Crippen molar-refractivity contribution in [2.75, 3.05) is 5.32 Å². The number of anilines is 1. The molecular weight excluding hydrogens is 355 g/mol. The molecule has 0 aromatic heterocycles. The van der Waals surface area contributed by atoms with E-state index in [2.05, 4.69) is 5.32 Å². The average molecular weight is 367 g/mol. The van der Waals surface area contributed by atoms with Gasteiger partial charge in [-0.15, -0.1) is 0 Å². The molecule has 0 aliphatic rings. The molecule has 3 rings (SSSR count). The maximum absolute atomic E-state index is 12.4. The maximum Gasteiger partial charge on any atom is 0.266 e. The van der Waals surface area contributed by atoms with Gasteiger partial charge in [-0.1, -0.05) is 71.7 Å². The summed E-state index contributed by atoms with van der Waals surface area (Å²) in [5, 5.41) is 14.6. The average Bonchev–Trinajstić information content (AvgIpc) is 2.63. The third-order valence-electron chi connectivity index (χ3n) is 3.69. The number of nitrogens with zero attached hydrogens (tertiary/aromatic N) is 1. The summed E-state index contributed by atoms with van der Waals surface area (Å²) in [6.45, 7) is 0. The van der Waals surface area contributed by atoms with Gasteiger partial charge in [-0.05, 0) is 34.5 Å². The summed E-state index contributed by atoms with van der Waals surface area (Å²) < 4.78 is 0. The Bertz CT molecular complexity index is 1030. The number of carbonyl (C=O) groups is 1. The molecule has 3 nitrogen and oxygen atoms in total. The molecule has 0 unspecified atom stereocenters. The normalized spacial score (nSPS) is 11.2. The number of fused-ring (bicyclic) bond motifs is 1. The highest BCUT2D eigenvalue weighted by atomic mass is 35.5. The molecule has 3 aromatic rings. The first-order chi connectivity index (χ1) is 12.1. The Morgan fingerprint density at radius 3 is 2.52 bits per heavy atom. The summed E-state index contributed by atoms with van der Waals surface area (Å²) in [5.74, 6) is -0.542. The van der Waals surface area contributed by atoms with E-state index in [-0.39, 0.29) is 10.6 Å². The van der Waals surface area contributed by atoms with Crippen LogP contribution < -0.4 is 5.32 Å². The molecule has 0 spiro atoms. The van der Waals surface area contributed by atoms with E-state index in [1.807, 2.05) is 48.5 Å². The summed E-state index contributed by atoms with van der Waals surface area (Å²) in [5.41, 5.74) is 1.13. The number of amides is 1. The number of carbonyl (C=O) groups excluding carboxylic acids is 1. The van der Waals surface area contributed by atoms with Crippen molar-refractivity contribution in [3.8, 4) is 6.07 Å². The SMILES string of the molecule is N#C/C(=C\c1cccc2ccccc12)C(=O)Nc1cccc(Cl)c1Cl. The Hall–Kier alpha value is -2.80. The van der Waals surface area contributed by atoms with Gasteiger partial charge in [0.25, 0.3) is 5.91 Å². The fraction of sp³-hybridized carbons (Fsp3) is 0. The number of benzene rings is 3. The van der Waals surface area contributed by atoms with Crippen LogP contribution in [0.1, 0.15) is 5.56 Å². The van der Waals surface area contributed by atoms with Gasteiger partial charge in [0.05, 0.1) is 15.7 Å². The summed E-state index contributed by atoms with van der Waals surface area (Å²) >= 11 is 12.0. The minimum absolute atomic E-state index is 0.0209. The van der Waals surface area contributed by atoms with Crippen LogP contribution >= 0.6 is 23.2 Å². The molecule has 25 heavy (non-hydrogen) atoms. The lowest BCUT2D eigenvalue weighted by Crippen LogP contribution is -2.13. The molecule has 3 aromatic carbocycles. The van der Waals surface area contributed by atoms with Crippen molar-refractivity contribution in [2.45, 2.75) is 0 Å². The van der Waals surface area contributed by atoms with Crippen LogP contribution in [0, 0.1) is 11.3 Å². The molecule has 122 valence electrons. The van der Waals surface area contributed by atoms with Crippen LogP contribution in [0.5, 0.6) is 0 Å². The van der Waals surface area contributed by atoms with Crippen LogP contribution in [0.2, 0.25) is 10.0 Å². The second kappa shape index (κ2) is 7.40. The fourth-order valence-electron chi connectivity index (χ4n) is 2.47. The monoisotopic (exact) mass is 366 g/mol. The highest BCUT2D eigenvalue weighted by Crippen LogP contribution is 2.30. The van der Waals surface area contributed by atoms with Gasteiger partial charge in [0.15, 0.2) is 0 Å². The molecule has 0 bridgehead atoms. The number of nitrogens with one attached hydrogen (secondary N) is 1. The molecule has 1 amide bonds. The quantitative estimate of drug-likeness (QED) is 0.477. The van der Waals surface area contributed by atoms with Gasteiger partial charge >= 0.3 is 0 Å². The van der Waals surface area contributed by atoms with Crippen LogP contribution in [-0.2, 0) is 4.79 Å². The van der Waals surface area contributed by atoms with Crippen molar-refractivity contribution in [3.63, 3.8) is 0 Å². The largest absolute Gasteiger partial charge is 0.320 e. The number of halogens is 2. The van der Waals surface area contributed by atoms with Crippen LogP contribution in [0.4, 0.5) is 5.69 Å². The van der Waals surface area contributed by atoms with Crippen LogP contribution in [0.15, 0.2) is 66.2 Å². The van der Waals surface area contributed by atoms with Crippen molar-refractivity contribution in [1.29, 1.82) is 5.26 Å². The third-order valence-corrected chi connectivity index (χ3v) is 4.51. The predicted octanol–water partition coefficient (Wildman–Crippen LogP) is 5.69. The summed E-state index contributed by atoms with van der Waals surface area (Å²) in [6, 6.07) is 20.4. The first-order valence-corrected chi connectivity index (χ1v) is 8.20. The van der Waals surface area contributed by atoms with Gasteiger partial charge in [0.1, 0.15) is 11.6 Å². The molecule has 1 N–H and O–H groups in total. The number of hydrogen-bond acceptors (Lipinski definition) is 2.